The molecule has 1 aliphatic carbocycles. The van der Waals surface area contributed by atoms with E-state index in [1.54, 1.807) is 0 Å². The van der Waals surface area contributed by atoms with Crippen molar-refractivity contribution in [2.75, 3.05) is 19.7 Å². The van der Waals surface area contributed by atoms with Crippen molar-refractivity contribution < 1.29 is 18.7 Å². The second-order valence-corrected chi connectivity index (χ2v) is 8.99. The molecule has 0 amide bonds. The first-order chi connectivity index (χ1) is 12.4. The maximum atomic E-state index is 12.6. The standard InChI is InChI=1S/C21H29NO4/c1-21(2)10-17(23)19-15(13-25-18(19)11-21)20(24)26-12-14-6-5-9-22-8-4-3-7-16(14)22/h13-14,16H,3-12H2,1-2H3/t14-,16+/m0/s1. The number of Topliss-reactive ketones (excluding diaryl/α,β-unsaturated/α-hetero) is 1. The van der Waals surface area contributed by atoms with Crippen molar-refractivity contribution in [3.63, 3.8) is 0 Å². The number of ketones is 1. The molecular formula is C21H29NO4. The Kier molecular flexibility index (Phi) is 4.68. The van der Waals surface area contributed by atoms with Crippen LogP contribution >= 0.6 is 0 Å². The quantitative estimate of drug-likeness (QED) is 0.767. The summed E-state index contributed by atoms with van der Waals surface area (Å²) in [6.07, 6.45) is 8.59. The third-order valence-corrected chi connectivity index (χ3v) is 6.30. The molecule has 0 N–H and O–H groups in total. The van der Waals surface area contributed by atoms with Gasteiger partial charge in [-0.2, -0.15) is 0 Å². The predicted molar refractivity (Wildman–Crippen MR) is 97.4 cm³/mol. The molecule has 0 unspecified atom stereocenters. The lowest BCUT2D eigenvalue weighted by atomic mass is 9.76. The summed E-state index contributed by atoms with van der Waals surface area (Å²) in [6.45, 7) is 6.89. The molecule has 3 heterocycles. The molecule has 0 bridgehead atoms. The molecule has 2 saturated heterocycles. The van der Waals surface area contributed by atoms with Gasteiger partial charge in [0.15, 0.2) is 5.78 Å². The predicted octanol–water partition coefficient (Wildman–Crippen LogP) is 3.86. The van der Waals surface area contributed by atoms with Gasteiger partial charge in [0, 0.05) is 24.8 Å². The Bertz CT molecular complexity index is 703. The largest absolute Gasteiger partial charge is 0.468 e. The van der Waals surface area contributed by atoms with Crippen LogP contribution in [0.1, 0.15) is 78.8 Å². The van der Waals surface area contributed by atoms with E-state index >= 15 is 0 Å². The molecule has 1 aromatic rings. The van der Waals surface area contributed by atoms with Gasteiger partial charge in [-0.3, -0.25) is 9.69 Å². The summed E-state index contributed by atoms with van der Waals surface area (Å²) in [6, 6.07) is 0.547. The summed E-state index contributed by atoms with van der Waals surface area (Å²) in [5, 5.41) is 0. The van der Waals surface area contributed by atoms with E-state index in [1.165, 1.54) is 45.0 Å². The van der Waals surface area contributed by atoms with Gasteiger partial charge in [-0.25, -0.2) is 4.79 Å². The molecule has 3 aliphatic rings. The number of carbonyl (C=O) groups excluding carboxylic acids is 2. The molecule has 2 atom stereocenters. The number of piperidine rings is 2. The van der Waals surface area contributed by atoms with Crippen molar-refractivity contribution in [2.24, 2.45) is 11.3 Å². The van der Waals surface area contributed by atoms with Gasteiger partial charge in [-0.1, -0.05) is 20.3 Å². The van der Waals surface area contributed by atoms with E-state index in [0.29, 0.717) is 48.3 Å². The Balaban J connectivity index is 1.43. The summed E-state index contributed by atoms with van der Waals surface area (Å²) >= 11 is 0. The zero-order chi connectivity index (χ0) is 18.3. The number of carbonyl (C=O) groups is 2. The Labute approximate surface area is 155 Å². The fourth-order valence-corrected chi connectivity index (χ4v) is 5.04. The number of rotatable bonds is 3. The van der Waals surface area contributed by atoms with Crippen LogP contribution in [0.3, 0.4) is 0 Å². The highest BCUT2D eigenvalue weighted by Gasteiger charge is 2.38. The normalized spacial score (nSPS) is 28.3. The molecular weight excluding hydrogens is 330 g/mol. The summed E-state index contributed by atoms with van der Waals surface area (Å²) in [7, 11) is 0. The van der Waals surface area contributed by atoms with Gasteiger partial charge in [0.25, 0.3) is 0 Å². The van der Waals surface area contributed by atoms with Crippen molar-refractivity contribution in [1.29, 1.82) is 0 Å². The molecule has 0 saturated carbocycles. The fourth-order valence-electron chi connectivity index (χ4n) is 5.04. The highest BCUT2D eigenvalue weighted by atomic mass is 16.5. The minimum Gasteiger partial charge on any atom is -0.468 e. The van der Waals surface area contributed by atoms with Crippen LogP contribution in [-0.4, -0.2) is 42.4 Å². The molecule has 0 radical (unpaired) electrons. The van der Waals surface area contributed by atoms with E-state index in [2.05, 4.69) is 4.90 Å². The second-order valence-electron chi connectivity index (χ2n) is 8.99. The van der Waals surface area contributed by atoms with Crippen LogP contribution < -0.4 is 0 Å². The van der Waals surface area contributed by atoms with Gasteiger partial charge in [0.2, 0.25) is 0 Å². The Morgan fingerprint density at radius 3 is 2.88 bits per heavy atom. The summed E-state index contributed by atoms with van der Waals surface area (Å²) in [4.78, 5) is 27.7. The van der Waals surface area contributed by atoms with Gasteiger partial charge < -0.3 is 9.15 Å². The van der Waals surface area contributed by atoms with Crippen molar-refractivity contribution in [2.45, 2.75) is 64.8 Å². The van der Waals surface area contributed by atoms with E-state index in [-0.39, 0.29) is 11.2 Å². The molecule has 4 rings (SSSR count). The molecule has 0 spiro atoms. The number of nitrogens with zero attached hydrogens (tertiary/aromatic N) is 1. The minimum atomic E-state index is -0.406. The van der Waals surface area contributed by atoms with Crippen molar-refractivity contribution >= 4 is 11.8 Å². The molecule has 26 heavy (non-hydrogen) atoms. The molecule has 2 aliphatic heterocycles. The SMILES string of the molecule is CC1(C)CC(=O)c2c(C(=O)OC[C@@H]3CCCN4CCCC[C@H]34)coc2C1. The van der Waals surface area contributed by atoms with Gasteiger partial charge in [0.05, 0.1) is 12.2 Å². The van der Waals surface area contributed by atoms with Gasteiger partial charge in [0.1, 0.15) is 17.6 Å². The van der Waals surface area contributed by atoms with Crippen LogP contribution in [-0.2, 0) is 11.2 Å². The smallest absolute Gasteiger partial charge is 0.342 e. The fraction of sp³-hybridized carbons (Fsp3) is 0.714. The number of hydrogen-bond acceptors (Lipinski definition) is 5. The summed E-state index contributed by atoms with van der Waals surface area (Å²) < 4.78 is 11.2. The maximum absolute atomic E-state index is 12.6. The van der Waals surface area contributed by atoms with E-state index in [0.717, 1.165) is 6.42 Å². The number of hydrogen-bond donors (Lipinski definition) is 0. The zero-order valence-corrected chi connectivity index (χ0v) is 15.9. The Morgan fingerprint density at radius 2 is 2.04 bits per heavy atom. The maximum Gasteiger partial charge on any atom is 0.342 e. The lowest BCUT2D eigenvalue weighted by Crippen LogP contribution is -2.49. The van der Waals surface area contributed by atoms with E-state index in [4.69, 9.17) is 9.15 Å². The average molecular weight is 359 g/mol. The highest BCUT2D eigenvalue weighted by Crippen LogP contribution is 2.37. The van der Waals surface area contributed by atoms with E-state index in [1.807, 2.05) is 13.8 Å². The van der Waals surface area contributed by atoms with Gasteiger partial charge >= 0.3 is 5.97 Å². The zero-order valence-electron chi connectivity index (χ0n) is 15.9. The van der Waals surface area contributed by atoms with Crippen molar-refractivity contribution in [3.8, 4) is 0 Å². The number of fused-ring (bicyclic) bond motifs is 2. The first-order valence-electron chi connectivity index (χ1n) is 9.99. The molecule has 5 heteroatoms. The average Bonchev–Trinajstić information content (AvgIpc) is 3.02. The third-order valence-electron chi connectivity index (χ3n) is 6.30. The molecule has 2 fully saturated rings. The third kappa shape index (κ3) is 3.34. The number of ether oxygens (including phenoxy) is 1. The highest BCUT2D eigenvalue weighted by molar-refractivity contribution is 6.07. The van der Waals surface area contributed by atoms with Gasteiger partial charge in [-0.05, 0) is 44.2 Å². The number of esters is 1. The Morgan fingerprint density at radius 1 is 1.23 bits per heavy atom. The van der Waals surface area contributed by atoms with Crippen LogP contribution in [0.2, 0.25) is 0 Å². The molecule has 0 aromatic carbocycles. The lowest BCUT2D eigenvalue weighted by molar-refractivity contribution is 0.00725. The second kappa shape index (κ2) is 6.84. The van der Waals surface area contributed by atoms with Crippen LogP contribution in [0.4, 0.5) is 0 Å². The van der Waals surface area contributed by atoms with Crippen LogP contribution in [0.5, 0.6) is 0 Å². The molecule has 142 valence electrons. The first kappa shape index (κ1) is 17.8. The first-order valence-corrected chi connectivity index (χ1v) is 9.99. The lowest BCUT2D eigenvalue weighted by Gasteiger charge is -2.44. The topological polar surface area (TPSA) is 59.8 Å². The summed E-state index contributed by atoms with van der Waals surface area (Å²) in [5.74, 6) is 0.628. The minimum absolute atomic E-state index is 0.00641. The van der Waals surface area contributed by atoms with Crippen LogP contribution in [0, 0.1) is 11.3 Å². The molecule has 1 aromatic heterocycles. The van der Waals surface area contributed by atoms with Crippen molar-refractivity contribution in [1.82, 2.24) is 4.90 Å². The van der Waals surface area contributed by atoms with Crippen LogP contribution in [0.15, 0.2) is 10.7 Å². The monoisotopic (exact) mass is 359 g/mol. The van der Waals surface area contributed by atoms with E-state index in [9.17, 15) is 9.59 Å². The molecule has 5 nitrogen and oxygen atoms in total. The number of furan rings is 1. The van der Waals surface area contributed by atoms with Crippen LogP contribution in [0.25, 0.3) is 0 Å². The summed E-state index contributed by atoms with van der Waals surface area (Å²) in [5.41, 5.74) is 0.657. The van der Waals surface area contributed by atoms with E-state index < -0.39 is 5.97 Å². The van der Waals surface area contributed by atoms with Crippen molar-refractivity contribution in [3.05, 3.63) is 23.2 Å². The Hall–Kier alpha value is -1.62. The van der Waals surface area contributed by atoms with Gasteiger partial charge in [-0.15, -0.1) is 0 Å².